The van der Waals surface area contributed by atoms with E-state index in [2.05, 4.69) is 4.74 Å². The van der Waals surface area contributed by atoms with Gasteiger partial charge >= 0.3 is 23.9 Å². The van der Waals surface area contributed by atoms with Crippen molar-refractivity contribution in [3.63, 3.8) is 0 Å². The summed E-state index contributed by atoms with van der Waals surface area (Å²) in [6.45, 7) is 4.87. The molecule has 1 heterocycles. The number of rotatable bonds is 4. The van der Waals surface area contributed by atoms with Gasteiger partial charge in [-0.15, -0.1) is 0 Å². The van der Waals surface area contributed by atoms with Gasteiger partial charge in [0.25, 0.3) is 0 Å². The zero-order valence-corrected chi connectivity index (χ0v) is 12.3. The average Bonchev–Trinajstić information content (AvgIpc) is 2.74. The molecule has 0 spiro atoms. The van der Waals surface area contributed by atoms with Crippen molar-refractivity contribution in [3.8, 4) is 0 Å². The molecule has 2 rings (SSSR count). The molecule has 7 nitrogen and oxygen atoms in total. The molecule has 0 aromatic heterocycles. The van der Waals surface area contributed by atoms with E-state index in [0.717, 1.165) is 6.07 Å². The molecule has 0 amide bonds. The molecule has 1 aliphatic rings. The maximum absolute atomic E-state index is 12.1. The Hall–Kier alpha value is -2.70. The van der Waals surface area contributed by atoms with Crippen molar-refractivity contribution < 1.29 is 33.4 Å². The summed E-state index contributed by atoms with van der Waals surface area (Å²) in [7, 11) is 0. The number of hydrogen-bond donors (Lipinski definition) is 0. The van der Waals surface area contributed by atoms with E-state index >= 15 is 0 Å². The van der Waals surface area contributed by atoms with Crippen molar-refractivity contribution in [1.82, 2.24) is 0 Å². The predicted molar refractivity (Wildman–Crippen MR) is 72.8 cm³/mol. The lowest BCUT2D eigenvalue weighted by Crippen LogP contribution is -2.18. The first-order valence-electron chi connectivity index (χ1n) is 6.70. The minimum absolute atomic E-state index is 0.0268. The van der Waals surface area contributed by atoms with Crippen LogP contribution in [0.4, 0.5) is 0 Å². The van der Waals surface area contributed by atoms with Crippen LogP contribution in [0.3, 0.4) is 0 Å². The molecular formula is C15H14O7. The van der Waals surface area contributed by atoms with Crippen LogP contribution in [0.1, 0.15) is 60.8 Å². The highest BCUT2D eigenvalue weighted by molar-refractivity contribution is 6.18. The molecule has 0 saturated carbocycles. The molecule has 0 fully saturated rings. The number of fused-ring (bicyclic) bond motifs is 1. The van der Waals surface area contributed by atoms with Crippen molar-refractivity contribution in [2.24, 2.45) is 0 Å². The first-order valence-corrected chi connectivity index (χ1v) is 6.70. The molecule has 1 aromatic rings. The summed E-state index contributed by atoms with van der Waals surface area (Å²) in [5.74, 6) is -3.25. The van der Waals surface area contributed by atoms with Gasteiger partial charge in [0, 0.05) is 0 Å². The van der Waals surface area contributed by atoms with Gasteiger partial charge < -0.3 is 14.2 Å². The largest absolute Gasteiger partial charge is 0.462 e. The van der Waals surface area contributed by atoms with Crippen LogP contribution in [0.2, 0.25) is 0 Å². The monoisotopic (exact) mass is 306 g/mol. The van der Waals surface area contributed by atoms with Crippen LogP contribution >= 0.6 is 0 Å². The normalized spacial score (nSPS) is 12.7. The molecule has 0 saturated heterocycles. The molecule has 1 aromatic carbocycles. The average molecular weight is 306 g/mol. The molecule has 0 radical (unpaired) electrons. The third-order valence-electron chi connectivity index (χ3n) is 3.16. The van der Waals surface area contributed by atoms with Gasteiger partial charge in [-0.3, -0.25) is 0 Å². The van der Waals surface area contributed by atoms with Gasteiger partial charge in [-0.2, -0.15) is 0 Å². The Bertz CT molecular complexity index is 688. The fraction of sp³-hybridized carbons (Fsp3) is 0.333. The van der Waals surface area contributed by atoms with Gasteiger partial charge in [-0.1, -0.05) is 0 Å². The second kappa shape index (κ2) is 5.97. The summed E-state index contributed by atoms with van der Waals surface area (Å²) in [5, 5.41) is 0. The maximum Gasteiger partial charge on any atom is 0.347 e. The number of carbonyl (C=O) groups excluding carboxylic acids is 4. The first-order chi connectivity index (χ1) is 10.4. The van der Waals surface area contributed by atoms with Crippen LogP contribution < -0.4 is 0 Å². The highest BCUT2D eigenvalue weighted by atomic mass is 16.6. The third kappa shape index (κ3) is 2.45. The quantitative estimate of drug-likeness (QED) is 0.474. The van der Waals surface area contributed by atoms with Crippen molar-refractivity contribution in [2.45, 2.75) is 20.8 Å². The minimum Gasteiger partial charge on any atom is -0.462 e. The highest BCUT2D eigenvalue weighted by Gasteiger charge is 2.37. The standard InChI is InChI=1S/C15H14O7/c1-4-20-12(16)8-6-9-11(15(19)22-13(9)17)7(3)10(8)14(18)21-5-2/h6H,4-5H2,1-3H3. The Balaban J connectivity index is 2.71. The lowest BCUT2D eigenvalue weighted by molar-refractivity contribution is 0.0442. The maximum atomic E-state index is 12.1. The molecule has 0 N–H and O–H groups in total. The number of hydrogen-bond acceptors (Lipinski definition) is 7. The number of esters is 4. The third-order valence-corrected chi connectivity index (χ3v) is 3.16. The summed E-state index contributed by atoms with van der Waals surface area (Å²) in [5.41, 5.74) is -0.136. The minimum atomic E-state index is -0.857. The molecule has 0 unspecified atom stereocenters. The molecule has 0 atom stereocenters. The number of carbonyl (C=O) groups is 4. The number of cyclic esters (lactones) is 2. The molecule has 1 aliphatic heterocycles. The van der Waals surface area contributed by atoms with Crippen LogP contribution in [0, 0.1) is 6.92 Å². The second-order valence-electron chi connectivity index (χ2n) is 4.46. The summed E-state index contributed by atoms with van der Waals surface area (Å²) in [6, 6.07) is 1.14. The predicted octanol–water partition coefficient (Wildman–Crippen LogP) is 1.66. The van der Waals surface area contributed by atoms with E-state index in [1.165, 1.54) is 6.92 Å². The summed E-state index contributed by atoms with van der Waals surface area (Å²) < 4.78 is 14.3. The van der Waals surface area contributed by atoms with Crippen LogP contribution in [-0.2, 0) is 14.2 Å². The summed E-state index contributed by atoms with van der Waals surface area (Å²) in [6.07, 6.45) is 0. The number of benzene rings is 1. The van der Waals surface area contributed by atoms with E-state index < -0.39 is 23.9 Å². The zero-order chi connectivity index (χ0) is 16.4. The molecule has 116 valence electrons. The molecule has 0 aliphatic carbocycles. The fourth-order valence-corrected chi connectivity index (χ4v) is 2.27. The smallest absolute Gasteiger partial charge is 0.347 e. The first kappa shape index (κ1) is 15.7. The lowest BCUT2D eigenvalue weighted by atomic mass is 9.93. The van der Waals surface area contributed by atoms with Crippen LogP contribution in [0.5, 0.6) is 0 Å². The van der Waals surface area contributed by atoms with E-state index in [1.807, 2.05) is 0 Å². The Kier molecular flexibility index (Phi) is 4.25. The Labute approximate surface area is 126 Å². The van der Waals surface area contributed by atoms with Gasteiger partial charge in [0.05, 0.1) is 35.5 Å². The Morgan fingerprint density at radius 1 is 1.05 bits per heavy atom. The van der Waals surface area contributed by atoms with Gasteiger partial charge in [-0.05, 0) is 32.4 Å². The second-order valence-corrected chi connectivity index (χ2v) is 4.46. The SMILES string of the molecule is CCOC(=O)c1cc2c(c(C)c1C(=O)OCC)C(=O)OC2=O. The fourth-order valence-electron chi connectivity index (χ4n) is 2.27. The zero-order valence-electron chi connectivity index (χ0n) is 12.3. The van der Waals surface area contributed by atoms with Crippen LogP contribution in [0.25, 0.3) is 0 Å². The topological polar surface area (TPSA) is 96.0 Å². The van der Waals surface area contributed by atoms with E-state index in [9.17, 15) is 19.2 Å². The molecule has 0 bridgehead atoms. The van der Waals surface area contributed by atoms with Gasteiger partial charge in [0.2, 0.25) is 0 Å². The van der Waals surface area contributed by atoms with E-state index in [-0.39, 0.29) is 41.0 Å². The van der Waals surface area contributed by atoms with Crippen LogP contribution in [-0.4, -0.2) is 37.1 Å². The van der Waals surface area contributed by atoms with Crippen molar-refractivity contribution in [3.05, 3.63) is 33.9 Å². The lowest BCUT2D eigenvalue weighted by Gasteiger charge is -2.12. The van der Waals surface area contributed by atoms with E-state index in [0.29, 0.717) is 0 Å². The highest BCUT2D eigenvalue weighted by Crippen LogP contribution is 2.30. The summed E-state index contributed by atoms with van der Waals surface area (Å²) >= 11 is 0. The van der Waals surface area contributed by atoms with Crippen molar-refractivity contribution in [1.29, 1.82) is 0 Å². The van der Waals surface area contributed by atoms with Gasteiger partial charge in [0.1, 0.15) is 0 Å². The van der Waals surface area contributed by atoms with Crippen molar-refractivity contribution >= 4 is 23.9 Å². The Morgan fingerprint density at radius 2 is 1.64 bits per heavy atom. The van der Waals surface area contributed by atoms with E-state index in [1.54, 1.807) is 13.8 Å². The van der Waals surface area contributed by atoms with Crippen molar-refractivity contribution in [2.75, 3.05) is 13.2 Å². The molecule has 7 heteroatoms. The number of ether oxygens (including phenoxy) is 3. The van der Waals surface area contributed by atoms with E-state index in [4.69, 9.17) is 9.47 Å². The summed E-state index contributed by atoms with van der Waals surface area (Å²) in [4.78, 5) is 47.5. The van der Waals surface area contributed by atoms with Gasteiger partial charge in [-0.25, -0.2) is 19.2 Å². The molecule has 22 heavy (non-hydrogen) atoms. The van der Waals surface area contributed by atoms with Crippen LogP contribution in [0.15, 0.2) is 6.07 Å². The van der Waals surface area contributed by atoms with Gasteiger partial charge in [0.15, 0.2) is 0 Å². The molecular weight excluding hydrogens is 292 g/mol. The Morgan fingerprint density at radius 3 is 2.23 bits per heavy atom.